The second kappa shape index (κ2) is 14.0. The summed E-state index contributed by atoms with van der Waals surface area (Å²) in [4.78, 5) is 13.2. The first-order valence-corrected chi connectivity index (χ1v) is 22.3. The molecule has 65 heavy (non-hydrogen) atoms. The average molecular weight is 834 g/mol. The van der Waals surface area contributed by atoms with Crippen molar-refractivity contribution in [2.24, 2.45) is 9.98 Å². The van der Waals surface area contributed by atoms with Crippen LogP contribution in [-0.2, 0) is 0 Å². The number of nitrogens with zero attached hydrogens (tertiary/aromatic N) is 4. The fourth-order valence-electron chi connectivity index (χ4n) is 10.8. The summed E-state index contributed by atoms with van der Waals surface area (Å²) >= 11 is 0. The van der Waals surface area contributed by atoms with E-state index in [0.29, 0.717) is 5.84 Å². The lowest BCUT2D eigenvalue weighted by Crippen LogP contribution is -2.33. The van der Waals surface area contributed by atoms with E-state index in [0.717, 1.165) is 72.0 Å². The number of benzene rings is 9. The lowest BCUT2D eigenvalue weighted by molar-refractivity contribution is 0.660. The minimum atomic E-state index is -0.449. The molecule has 14 rings (SSSR count). The standard InChI is InChI=1S/C59H39N5O/c1-2-18-42(19-3-1)63-49-24-10-8-20-43(49)47-34-48-44-21-9-11-25-50(44)64(53(48)35-52(47)63)51-26-12-22-45-55-46(23-13-27-54(55)65-56(45)51)59-61-57(40-30-28-36-14-4-6-16-38(36)32-40)60-58(62-59)41-31-29-37-15-5-7-17-39(37)33-41/h1-35,43,49,59H,(H,60,61,62). The molecule has 3 atom stereocenters. The third-order valence-corrected chi connectivity index (χ3v) is 13.7. The number of fused-ring (bicyclic) bond motifs is 11. The van der Waals surface area contributed by atoms with Crippen molar-refractivity contribution >= 4 is 88.3 Å². The van der Waals surface area contributed by atoms with Crippen LogP contribution in [0.15, 0.2) is 227 Å². The molecule has 0 amide bonds. The predicted molar refractivity (Wildman–Crippen MR) is 268 cm³/mol. The molecule has 6 nitrogen and oxygen atoms in total. The first-order chi connectivity index (χ1) is 32.2. The lowest BCUT2D eigenvalue weighted by Gasteiger charge is -2.28. The second-order valence-corrected chi connectivity index (χ2v) is 17.3. The molecule has 1 aliphatic carbocycles. The summed E-state index contributed by atoms with van der Waals surface area (Å²) < 4.78 is 9.47. The number of aromatic nitrogens is 1. The lowest BCUT2D eigenvalue weighted by atomic mass is 9.90. The van der Waals surface area contributed by atoms with Gasteiger partial charge in [0.25, 0.3) is 0 Å². The summed E-state index contributed by atoms with van der Waals surface area (Å²) in [5.74, 6) is 1.71. The third-order valence-electron chi connectivity index (χ3n) is 13.7. The van der Waals surface area contributed by atoms with Crippen molar-refractivity contribution in [1.82, 2.24) is 9.88 Å². The Kier molecular flexibility index (Phi) is 7.77. The average Bonchev–Trinajstić information content (AvgIpc) is 4.03. The Hall–Kier alpha value is -8.48. The zero-order chi connectivity index (χ0) is 42.6. The maximum absolute atomic E-state index is 7.06. The van der Waals surface area contributed by atoms with E-state index in [4.69, 9.17) is 14.4 Å². The highest BCUT2D eigenvalue weighted by Gasteiger charge is 2.38. The number of para-hydroxylation sites is 3. The number of rotatable bonds is 5. The molecule has 4 heterocycles. The van der Waals surface area contributed by atoms with E-state index < -0.39 is 6.17 Å². The summed E-state index contributed by atoms with van der Waals surface area (Å²) in [5.41, 5.74) is 11.7. The second-order valence-electron chi connectivity index (χ2n) is 17.3. The molecule has 6 heteroatoms. The zero-order valence-corrected chi connectivity index (χ0v) is 35.1. The highest BCUT2D eigenvalue weighted by atomic mass is 16.3. The van der Waals surface area contributed by atoms with E-state index in [1.165, 1.54) is 38.5 Å². The number of furan rings is 1. The van der Waals surface area contributed by atoms with Crippen LogP contribution < -0.4 is 10.2 Å². The van der Waals surface area contributed by atoms with Gasteiger partial charge in [-0.3, -0.25) is 0 Å². The molecule has 2 aromatic heterocycles. The molecule has 0 radical (unpaired) electrons. The first kappa shape index (κ1) is 36.0. The van der Waals surface area contributed by atoms with Crippen molar-refractivity contribution in [3.63, 3.8) is 0 Å². The number of amidine groups is 2. The Morgan fingerprint density at radius 3 is 2.06 bits per heavy atom. The fourth-order valence-corrected chi connectivity index (χ4v) is 10.8. The molecule has 3 unspecified atom stereocenters. The molecular formula is C59H39N5O. The van der Waals surface area contributed by atoms with Gasteiger partial charge in [0.15, 0.2) is 11.4 Å². The number of aliphatic imine (C=N–C) groups is 2. The van der Waals surface area contributed by atoms with Gasteiger partial charge in [0, 0.05) is 55.5 Å². The summed E-state index contributed by atoms with van der Waals surface area (Å²) in [7, 11) is 0. The maximum Gasteiger partial charge on any atom is 0.159 e. The molecule has 306 valence electrons. The van der Waals surface area contributed by atoms with Crippen molar-refractivity contribution < 1.29 is 4.42 Å². The highest BCUT2D eigenvalue weighted by Crippen LogP contribution is 2.51. The van der Waals surface area contributed by atoms with Crippen molar-refractivity contribution in [2.45, 2.75) is 18.1 Å². The molecule has 2 aliphatic heterocycles. The van der Waals surface area contributed by atoms with Gasteiger partial charge in [-0.05, 0) is 81.7 Å². The van der Waals surface area contributed by atoms with Gasteiger partial charge in [-0.2, -0.15) is 0 Å². The van der Waals surface area contributed by atoms with E-state index >= 15 is 0 Å². The van der Waals surface area contributed by atoms with Crippen LogP contribution in [0.1, 0.15) is 34.3 Å². The van der Waals surface area contributed by atoms with E-state index in [1.54, 1.807) is 0 Å². The van der Waals surface area contributed by atoms with Crippen LogP contribution >= 0.6 is 0 Å². The van der Waals surface area contributed by atoms with Gasteiger partial charge >= 0.3 is 0 Å². The summed E-state index contributed by atoms with van der Waals surface area (Å²) in [6.07, 6.45) is 8.63. The van der Waals surface area contributed by atoms with Crippen LogP contribution in [0.4, 0.5) is 11.4 Å². The summed E-state index contributed by atoms with van der Waals surface area (Å²) in [6.45, 7) is 0. The SMILES string of the molecule is C1=CC2c3cc4c5ccccc5n(-c5cccc6c5oc5cccc(C7N=C(c8ccc9ccccc9c8)N=C(c8ccc9ccccc9c8)N7)c56)c4cc3N(c3ccccc3)C2C=C1. The first-order valence-electron chi connectivity index (χ1n) is 22.3. The molecule has 3 aliphatic rings. The highest BCUT2D eigenvalue weighted by molar-refractivity contribution is 6.17. The van der Waals surface area contributed by atoms with Gasteiger partial charge in [-0.1, -0.05) is 158 Å². The van der Waals surface area contributed by atoms with Crippen molar-refractivity contribution in [2.75, 3.05) is 4.90 Å². The molecule has 0 saturated carbocycles. The van der Waals surface area contributed by atoms with E-state index in [2.05, 4.69) is 227 Å². The van der Waals surface area contributed by atoms with E-state index in [9.17, 15) is 0 Å². The Bertz CT molecular complexity index is 3910. The quantitative estimate of drug-likeness (QED) is 0.188. The van der Waals surface area contributed by atoms with Crippen LogP contribution in [0.2, 0.25) is 0 Å². The summed E-state index contributed by atoms with van der Waals surface area (Å²) in [5, 5.41) is 13.0. The molecule has 0 spiro atoms. The van der Waals surface area contributed by atoms with Gasteiger partial charge in [0.1, 0.15) is 17.6 Å². The van der Waals surface area contributed by atoms with Gasteiger partial charge in [-0.15, -0.1) is 0 Å². The Morgan fingerprint density at radius 2 is 1.22 bits per heavy atom. The minimum absolute atomic E-state index is 0.199. The van der Waals surface area contributed by atoms with Crippen molar-refractivity contribution in [3.05, 3.63) is 235 Å². The molecule has 0 saturated heterocycles. The third kappa shape index (κ3) is 5.53. The van der Waals surface area contributed by atoms with Gasteiger partial charge in [-0.25, -0.2) is 9.98 Å². The monoisotopic (exact) mass is 833 g/mol. The number of hydrogen-bond donors (Lipinski definition) is 1. The normalized spacial score (nSPS) is 17.8. The minimum Gasteiger partial charge on any atom is -0.454 e. The number of nitrogens with one attached hydrogen (secondary N) is 1. The Labute approximate surface area is 374 Å². The van der Waals surface area contributed by atoms with Crippen LogP contribution in [0.3, 0.4) is 0 Å². The molecule has 11 aromatic rings. The van der Waals surface area contributed by atoms with Crippen molar-refractivity contribution in [3.8, 4) is 5.69 Å². The number of hydrogen-bond acceptors (Lipinski definition) is 5. The van der Waals surface area contributed by atoms with Crippen LogP contribution in [0.25, 0.3) is 71.0 Å². The Balaban J connectivity index is 0.959. The molecule has 0 bridgehead atoms. The zero-order valence-electron chi connectivity index (χ0n) is 35.1. The summed E-state index contributed by atoms with van der Waals surface area (Å²) in [6, 6.07) is 67.4. The number of anilines is 2. The molecule has 9 aromatic carbocycles. The van der Waals surface area contributed by atoms with Crippen LogP contribution in [0.5, 0.6) is 0 Å². The molecular weight excluding hydrogens is 795 g/mol. The topological polar surface area (TPSA) is 58.1 Å². The van der Waals surface area contributed by atoms with E-state index in [1.807, 2.05) is 0 Å². The fraction of sp³-hybridized carbons (Fsp3) is 0.0508. The van der Waals surface area contributed by atoms with E-state index in [-0.39, 0.29) is 12.0 Å². The largest absolute Gasteiger partial charge is 0.454 e. The van der Waals surface area contributed by atoms with Gasteiger partial charge in [0.05, 0.1) is 22.8 Å². The molecule has 0 fully saturated rings. The number of allylic oxidation sites excluding steroid dienone is 2. The van der Waals surface area contributed by atoms with Crippen LogP contribution in [0, 0.1) is 0 Å². The van der Waals surface area contributed by atoms with Crippen molar-refractivity contribution in [1.29, 1.82) is 0 Å². The van der Waals surface area contributed by atoms with Crippen LogP contribution in [-0.4, -0.2) is 22.3 Å². The maximum atomic E-state index is 7.06. The predicted octanol–water partition coefficient (Wildman–Crippen LogP) is 14.2. The van der Waals surface area contributed by atoms with Gasteiger partial charge < -0.3 is 19.2 Å². The van der Waals surface area contributed by atoms with Gasteiger partial charge in [0.2, 0.25) is 0 Å². The molecule has 1 N–H and O–H groups in total. The smallest absolute Gasteiger partial charge is 0.159 e. The Morgan fingerprint density at radius 1 is 0.508 bits per heavy atom.